The molecule has 0 radical (unpaired) electrons. The lowest BCUT2D eigenvalue weighted by Gasteiger charge is -2.21. The van der Waals surface area contributed by atoms with E-state index in [9.17, 15) is 21.6 Å². The van der Waals surface area contributed by atoms with Gasteiger partial charge in [0.25, 0.3) is 0 Å². The van der Waals surface area contributed by atoms with Crippen molar-refractivity contribution in [2.75, 3.05) is 20.1 Å². The molecule has 20 heavy (non-hydrogen) atoms. The predicted octanol–water partition coefficient (Wildman–Crippen LogP) is 1.88. The number of hydrogen-bond donors (Lipinski definition) is 1. The van der Waals surface area contributed by atoms with Crippen LogP contribution < -0.4 is 5.32 Å². The van der Waals surface area contributed by atoms with Gasteiger partial charge in [0, 0.05) is 12.6 Å². The first-order valence-electron chi connectivity index (χ1n) is 5.92. The summed E-state index contributed by atoms with van der Waals surface area (Å²) in [5.74, 6) is 0.433. The van der Waals surface area contributed by atoms with Gasteiger partial charge in [0.15, 0.2) is 0 Å². The molecule has 1 aromatic heterocycles. The van der Waals surface area contributed by atoms with E-state index in [1.54, 1.807) is 7.05 Å². The molecule has 116 valence electrons. The molecule has 0 aliphatic heterocycles. The van der Waals surface area contributed by atoms with Crippen LogP contribution >= 0.6 is 0 Å². The van der Waals surface area contributed by atoms with E-state index in [0.29, 0.717) is 16.6 Å². The molecule has 0 bridgehead atoms. The minimum atomic E-state index is -4.59. The highest BCUT2D eigenvalue weighted by Gasteiger charge is 2.37. The molecule has 0 saturated carbocycles. The molecule has 1 rings (SSSR count). The van der Waals surface area contributed by atoms with Crippen LogP contribution in [0.1, 0.15) is 18.4 Å². The van der Waals surface area contributed by atoms with Crippen molar-refractivity contribution < 1.29 is 26.0 Å². The molecule has 5 nitrogen and oxygen atoms in total. The molecule has 0 fully saturated rings. The number of aryl methyl sites for hydroxylation is 1. The van der Waals surface area contributed by atoms with Crippen LogP contribution in [0.4, 0.5) is 13.2 Å². The highest BCUT2D eigenvalue weighted by atomic mass is 32.2. The largest absolute Gasteiger partial charge is 0.464 e. The molecule has 0 atom stereocenters. The Morgan fingerprint density at radius 2 is 2.00 bits per heavy atom. The third kappa shape index (κ3) is 3.97. The van der Waals surface area contributed by atoms with E-state index in [1.807, 2.05) is 0 Å². The van der Waals surface area contributed by atoms with Gasteiger partial charge in [0.1, 0.15) is 23.0 Å². The van der Waals surface area contributed by atoms with Gasteiger partial charge in [-0.1, -0.05) is 6.92 Å². The summed E-state index contributed by atoms with van der Waals surface area (Å²) in [6, 6.07) is 1.25. The van der Waals surface area contributed by atoms with Gasteiger partial charge in [0.05, 0.1) is 6.54 Å². The van der Waals surface area contributed by atoms with Crippen molar-refractivity contribution in [1.82, 2.24) is 9.62 Å². The van der Waals surface area contributed by atoms with E-state index in [0.717, 1.165) is 0 Å². The quantitative estimate of drug-likeness (QED) is 0.871. The van der Waals surface area contributed by atoms with Gasteiger partial charge in [-0.25, -0.2) is 8.42 Å². The first-order valence-corrected chi connectivity index (χ1v) is 7.36. The first-order chi connectivity index (χ1) is 9.11. The highest BCUT2D eigenvalue weighted by molar-refractivity contribution is 7.89. The lowest BCUT2D eigenvalue weighted by atomic mass is 10.4. The summed E-state index contributed by atoms with van der Waals surface area (Å²) in [6.07, 6.45) is -4.59. The molecule has 0 spiro atoms. The lowest BCUT2D eigenvalue weighted by molar-refractivity contribution is -0.135. The van der Waals surface area contributed by atoms with E-state index in [-0.39, 0.29) is 17.2 Å². The number of furan rings is 1. The van der Waals surface area contributed by atoms with Gasteiger partial charge in [-0.05, 0) is 14.0 Å². The minimum Gasteiger partial charge on any atom is -0.464 e. The molecule has 0 aliphatic rings. The second-order valence-corrected chi connectivity index (χ2v) is 6.12. The van der Waals surface area contributed by atoms with Crippen LogP contribution in [-0.4, -0.2) is 39.0 Å². The molecule has 1 N–H and O–H groups in total. The second kappa shape index (κ2) is 6.15. The van der Waals surface area contributed by atoms with Crippen LogP contribution in [0.5, 0.6) is 0 Å². The molecule has 0 amide bonds. The number of sulfonamides is 1. The summed E-state index contributed by atoms with van der Waals surface area (Å²) in [5, 5.41) is 2.78. The van der Waals surface area contributed by atoms with Crippen LogP contribution in [0, 0.1) is 6.92 Å². The zero-order valence-corrected chi connectivity index (χ0v) is 12.2. The number of halogens is 3. The molecule has 0 aliphatic carbocycles. The smallest absolute Gasteiger partial charge is 0.402 e. The van der Waals surface area contributed by atoms with E-state index >= 15 is 0 Å². The number of alkyl halides is 3. The van der Waals surface area contributed by atoms with Crippen molar-refractivity contribution in [3.05, 3.63) is 17.6 Å². The van der Waals surface area contributed by atoms with Gasteiger partial charge in [-0.3, -0.25) is 0 Å². The molecule has 1 heterocycles. The van der Waals surface area contributed by atoms with Gasteiger partial charge >= 0.3 is 6.18 Å². The Kier molecular flexibility index (Phi) is 5.22. The molecule has 0 unspecified atom stereocenters. The number of rotatable bonds is 6. The van der Waals surface area contributed by atoms with E-state index < -0.39 is 22.7 Å². The van der Waals surface area contributed by atoms with E-state index in [1.165, 1.54) is 19.9 Å². The molecule has 0 aromatic carbocycles. The second-order valence-electron chi connectivity index (χ2n) is 4.21. The highest BCUT2D eigenvalue weighted by Crippen LogP contribution is 2.26. The summed E-state index contributed by atoms with van der Waals surface area (Å²) in [7, 11) is -2.57. The summed E-state index contributed by atoms with van der Waals surface area (Å²) in [4.78, 5) is -0.228. The average Bonchev–Trinajstić information content (AvgIpc) is 2.67. The summed E-state index contributed by atoms with van der Waals surface area (Å²) in [6.45, 7) is 1.27. The van der Waals surface area contributed by atoms with Crippen molar-refractivity contribution in [2.24, 2.45) is 0 Å². The molecular formula is C11H17F3N2O3S. The van der Waals surface area contributed by atoms with Gasteiger partial charge < -0.3 is 9.73 Å². The molecule has 9 heteroatoms. The number of hydrogen-bond acceptors (Lipinski definition) is 4. The topological polar surface area (TPSA) is 62.6 Å². The van der Waals surface area contributed by atoms with Gasteiger partial charge in [0.2, 0.25) is 10.0 Å². The third-order valence-corrected chi connectivity index (χ3v) is 4.63. The summed E-state index contributed by atoms with van der Waals surface area (Å²) >= 11 is 0. The summed E-state index contributed by atoms with van der Waals surface area (Å²) in [5.41, 5.74) is 0. The fourth-order valence-electron chi connectivity index (χ4n) is 1.75. The standard InChI is InChI=1S/C11H17F3N2O3S/c1-4-16(7-11(12,13)14)20(17,18)10-5-9(6-15-3)19-8(10)2/h5,15H,4,6-7H2,1-3H3. The normalized spacial score (nSPS) is 13.2. The number of nitrogens with one attached hydrogen (secondary N) is 1. The zero-order chi connectivity index (χ0) is 15.6. The lowest BCUT2D eigenvalue weighted by Crippen LogP contribution is -2.38. The molecule has 1 aromatic rings. The maximum atomic E-state index is 12.4. The molecule has 0 saturated heterocycles. The fourth-order valence-corrected chi connectivity index (χ4v) is 3.37. The number of nitrogens with zero attached hydrogens (tertiary/aromatic N) is 1. The van der Waals surface area contributed by atoms with E-state index in [2.05, 4.69) is 5.32 Å². The van der Waals surface area contributed by atoms with Crippen molar-refractivity contribution >= 4 is 10.0 Å². The van der Waals surface area contributed by atoms with Gasteiger partial charge in [-0.15, -0.1) is 0 Å². The Morgan fingerprint density at radius 1 is 1.40 bits per heavy atom. The zero-order valence-electron chi connectivity index (χ0n) is 11.4. The minimum absolute atomic E-state index is 0.0795. The Balaban J connectivity index is 3.14. The molecular weight excluding hydrogens is 297 g/mol. The Morgan fingerprint density at radius 3 is 2.45 bits per heavy atom. The Bertz CT molecular complexity index is 552. The Hall–Kier alpha value is -1.06. The van der Waals surface area contributed by atoms with Crippen molar-refractivity contribution in [2.45, 2.75) is 31.5 Å². The van der Waals surface area contributed by atoms with E-state index in [4.69, 9.17) is 4.42 Å². The monoisotopic (exact) mass is 314 g/mol. The SMILES string of the molecule is CCN(CC(F)(F)F)S(=O)(=O)c1cc(CNC)oc1C. The van der Waals surface area contributed by atoms with Crippen molar-refractivity contribution in [3.8, 4) is 0 Å². The fraction of sp³-hybridized carbons (Fsp3) is 0.636. The third-order valence-electron chi connectivity index (χ3n) is 2.60. The van der Waals surface area contributed by atoms with Crippen LogP contribution in [0.25, 0.3) is 0 Å². The average molecular weight is 314 g/mol. The van der Waals surface area contributed by atoms with Crippen molar-refractivity contribution in [3.63, 3.8) is 0 Å². The van der Waals surface area contributed by atoms with Crippen LogP contribution in [0.3, 0.4) is 0 Å². The van der Waals surface area contributed by atoms with Crippen LogP contribution in [-0.2, 0) is 16.6 Å². The van der Waals surface area contributed by atoms with Gasteiger partial charge in [-0.2, -0.15) is 17.5 Å². The van der Waals surface area contributed by atoms with Crippen molar-refractivity contribution in [1.29, 1.82) is 0 Å². The first kappa shape index (κ1) is 17.0. The maximum Gasteiger partial charge on any atom is 0.402 e. The Labute approximate surface area is 115 Å². The predicted molar refractivity (Wildman–Crippen MR) is 66.7 cm³/mol. The summed E-state index contributed by atoms with van der Waals surface area (Å²) < 4.78 is 67.3. The maximum absolute atomic E-state index is 12.4. The van der Waals surface area contributed by atoms with Crippen LogP contribution in [0.15, 0.2) is 15.4 Å². The van der Waals surface area contributed by atoms with Crippen LogP contribution in [0.2, 0.25) is 0 Å².